The van der Waals surface area contributed by atoms with Gasteiger partial charge in [0.2, 0.25) is 0 Å². The molecule has 94 valence electrons. The highest BCUT2D eigenvalue weighted by atomic mass is 79.9. The minimum atomic E-state index is 0.744. The Labute approximate surface area is 113 Å². The molecule has 0 unspecified atom stereocenters. The second-order valence-electron chi connectivity index (χ2n) is 4.64. The molecule has 0 spiro atoms. The molecule has 1 aliphatic heterocycles. The zero-order valence-electron chi connectivity index (χ0n) is 10.5. The fraction of sp³-hybridized carbons (Fsp3) is 0.571. The number of benzene rings is 1. The van der Waals surface area contributed by atoms with Crippen LogP contribution < -0.4 is 5.32 Å². The standard InChI is InChI=1S/C14H21BrN2/c1-2-17(13-7-9-16-10-8-13)11-12-5-3-4-6-14(12)15/h3-6,13,16H,2,7-11H2,1H3. The molecule has 2 nitrogen and oxygen atoms in total. The lowest BCUT2D eigenvalue weighted by molar-refractivity contribution is 0.162. The summed E-state index contributed by atoms with van der Waals surface area (Å²) in [6.07, 6.45) is 2.55. The van der Waals surface area contributed by atoms with Gasteiger partial charge in [-0.3, -0.25) is 4.90 Å². The van der Waals surface area contributed by atoms with E-state index in [-0.39, 0.29) is 0 Å². The van der Waals surface area contributed by atoms with Gasteiger partial charge in [0, 0.05) is 17.1 Å². The van der Waals surface area contributed by atoms with Crippen LogP contribution in [0.1, 0.15) is 25.3 Å². The molecule has 0 aromatic heterocycles. The zero-order valence-corrected chi connectivity index (χ0v) is 12.0. The summed E-state index contributed by atoms with van der Waals surface area (Å²) >= 11 is 3.64. The molecule has 1 aromatic rings. The lowest BCUT2D eigenvalue weighted by Gasteiger charge is -2.34. The van der Waals surface area contributed by atoms with Crippen molar-refractivity contribution in [3.05, 3.63) is 34.3 Å². The van der Waals surface area contributed by atoms with E-state index in [0.717, 1.165) is 32.2 Å². The molecular formula is C14H21BrN2. The molecule has 1 saturated heterocycles. The molecule has 1 aliphatic rings. The number of piperidine rings is 1. The Morgan fingerprint density at radius 3 is 2.65 bits per heavy atom. The Bertz CT molecular complexity index is 348. The fourth-order valence-electron chi connectivity index (χ4n) is 2.52. The van der Waals surface area contributed by atoms with Gasteiger partial charge in [-0.25, -0.2) is 0 Å². The van der Waals surface area contributed by atoms with Crippen LogP contribution >= 0.6 is 15.9 Å². The maximum absolute atomic E-state index is 3.64. The van der Waals surface area contributed by atoms with Crippen molar-refractivity contribution >= 4 is 15.9 Å². The number of hydrogen-bond donors (Lipinski definition) is 1. The van der Waals surface area contributed by atoms with Gasteiger partial charge in [0.25, 0.3) is 0 Å². The molecule has 0 saturated carbocycles. The minimum absolute atomic E-state index is 0.744. The van der Waals surface area contributed by atoms with Crippen molar-refractivity contribution in [2.75, 3.05) is 19.6 Å². The second-order valence-corrected chi connectivity index (χ2v) is 5.49. The van der Waals surface area contributed by atoms with E-state index in [1.54, 1.807) is 0 Å². The summed E-state index contributed by atoms with van der Waals surface area (Å²) in [6, 6.07) is 9.29. The summed E-state index contributed by atoms with van der Waals surface area (Å²) in [6.45, 7) is 6.78. The van der Waals surface area contributed by atoms with E-state index in [1.807, 2.05) is 0 Å². The molecule has 1 N–H and O–H groups in total. The molecule has 1 fully saturated rings. The van der Waals surface area contributed by atoms with E-state index in [9.17, 15) is 0 Å². The van der Waals surface area contributed by atoms with Gasteiger partial charge in [-0.2, -0.15) is 0 Å². The van der Waals surface area contributed by atoms with Gasteiger partial charge in [-0.15, -0.1) is 0 Å². The number of hydrogen-bond acceptors (Lipinski definition) is 2. The minimum Gasteiger partial charge on any atom is -0.317 e. The molecule has 3 heteroatoms. The summed E-state index contributed by atoms with van der Waals surface area (Å²) in [7, 11) is 0. The second kappa shape index (κ2) is 6.53. The molecule has 0 radical (unpaired) electrons. The van der Waals surface area contributed by atoms with Crippen LogP contribution in [0.15, 0.2) is 28.7 Å². The van der Waals surface area contributed by atoms with Crippen LogP contribution in [0.5, 0.6) is 0 Å². The van der Waals surface area contributed by atoms with Crippen molar-refractivity contribution in [2.24, 2.45) is 0 Å². The van der Waals surface area contributed by atoms with Crippen molar-refractivity contribution in [3.8, 4) is 0 Å². The predicted octanol–water partition coefficient (Wildman–Crippen LogP) is 3.02. The highest BCUT2D eigenvalue weighted by Gasteiger charge is 2.20. The van der Waals surface area contributed by atoms with E-state index < -0.39 is 0 Å². The third-order valence-corrected chi connectivity index (χ3v) is 4.34. The summed E-state index contributed by atoms with van der Waals surface area (Å²) < 4.78 is 1.23. The molecule has 0 amide bonds. The van der Waals surface area contributed by atoms with Gasteiger partial charge in [0.1, 0.15) is 0 Å². The molecule has 0 aliphatic carbocycles. The first-order chi connectivity index (χ1) is 8.31. The molecule has 0 atom stereocenters. The van der Waals surface area contributed by atoms with E-state index in [1.165, 1.54) is 22.9 Å². The van der Waals surface area contributed by atoms with E-state index >= 15 is 0 Å². The molecule has 1 heterocycles. The van der Waals surface area contributed by atoms with Gasteiger partial charge >= 0.3 is 0 Å². The Morgan fingerprint density at radius 2 is 2.00 bits per heavy atom. The maximum atomic E-state index is 3.64. The number of nitrogens with one attached hydrogen (secondary N) is 1. The largest absolute Gasteiger partial charge is 0.317 e. The Morgan fingerprint density at radius 1 is 1.29 bits per heavy atom. The van der Waals surface area contributed by atoms with Gasteiger partial charge in [0.05, 0.1) is 0 Å². The SMILES string of the molecule is CCN(Cc1ccccc1Br)C1CCNCC1. The van der Waals surface area contributed by atoms with Gasteiger partial charge in [-0.1, -0.05) is 41.1 Å². The highest BCUT2D eigenvalue weighted by molar-refractivity contribution is 9.10. The quantitative estimate of drug-likeness (QED) is 0.919. The maximum Gasteiger partial charge on any atom is 0.0247 e. The van der Waals surface area contributed by atoms with Crippen LogP contribution in [-0.2, 0) is 6.54 Å². The van der Waals surface area contributed by atoms with Crippen LogP contribution in [-0.4, -0.2) is 30.6 Å². The number of rotatable bonds is 4. The summed E-state index contributed by atoms with van der Waals surface area (Å²) in [5.74, 6) is 0. The predicted molar refractivity (Wildman–Crippen MR) is 76.1 cm³/mol. The van der Waals surface area contributed by atoms with E-state index in [0.29, 0.717) is 0 Å². The fourth-order valence-corrected chi connectivity index (χ4v) is 2.93. The Kier molecular flexibility index (Phi) is 5.01. The first kappa shape index (κ1) is 13.1. The van der Waals surface area contributed by atoms with Gasteiger partial charge < -0.3 is 5.32 Å². The molecular weight excluding hydrogens is 276 g/mol. The smallest absolute Gasteiger partial charge is 0.0247 e. The van der Waals surface area contributed by atoms with Crippen LogP contribution in [0.4, 0.5) is 0 Å². The van der Waals surface area contributed by atoms with Crippen LogP contribution in [0, 0.1) is 0 Å². The van der Waals surface area contributed by atoms with Crippen molar-refractivity contribution in [3.63, 3.8) is 0 Å². The summed E-state index contributed by atoms with van der Waals surface area (Å²) in [4.78, 5) is 2.60. The first-order valence-corrected chi connectivity index (χ1v) is 7.28. The normalized spacial score (nSPS) is 17.6. The highest BCUT2D eigenvalue weighted by Crippen LogP contribution is 2.21. The van der Waals surface area contributed by atoms with Crippen molar-refractivity contribution in [2.45, 2.75) is 32.4 Å². The van der Waals surface area contributed by atoms with Gasteiger partial charge in [-0.05, 0) is 44.1 Å². The summed E-state index contributed by atoms with van der Waals surface area (Å²) in [5, 5.41) is 3.43. The molecule has 2 rings (SSSR count). The van der Waals surface area contributed by atoms with Gasteiger partial charge in [0.15, 0.2) is 0 Å². The molecule has 0 bridgehead atoms. The Balaban J connectivity index is 2.01. The van der Waals surface area contributed by atoms with Crippen LogP contribution in [0.2, 0.25) is 0 Å². The van der Waals surface area contributed by atoms with Crippen molar-refractivity contribution < 1.29 is 0 Å². The van der Waals surface area contributed by atoms with Crippen molar-refractivity contribution in [1.29, 1.82) is 0 Å². The molecule has 1 aromatic carbocycles. The number of halogens is 1. The van der Waals surface area contributed by atoms with E-state index in [2.05, 4.69) is 57.3 Å². The lowest BCUT2D eigenvalue weighted by Crippen LogP contribution is -2.42. The topological polar surface area (TPSA) is 15.3 Å². The third-order valence-electron chi connectivity index (χ3n) is 3.56. The first-order valence-electron chi connectivity index (χ1n) is 6.49. The summed E-state index contributed by atoms with van der Waals surface area (Å²) in [5.41, 5.74) is 1.40. The Hall–Kier alpha value is -0.380. The van der Waals surface area contributed by atoms with E-state index in [4.69, 9.17) is 0 Å². The van der Waals surface area contributed by atoms with Crippen molar-refractivity contribution in [1.82, 2.24) is 10.2 Å². The third kappa shape index (κ3) is 3.54. The number of nitrogens with zero attached hydrogens (tertiary/aromatic N) is 1. The zero-order chi connectivity index (χ0) is 12.1. The van der Waals surface area contributed by atoms with Crippen LogP contribution in [0.3, 0.4) is 0 Å². The average molecular weight is 297 g/mol. The monoisotopic (exact) mass is 296 g/mol. The van der Waals surface area contributed by atoms with Crippen LogP contribution in [0.25, 0.3) is 0 Å². The average Bonchev–Trinajstić information content (AvgIpc) is 2.39. The lowest BCUT2D eigenvalue weighted by atomic mass is 10.0. The molecule has 17 heavy (non-hydrogen) atoms.